The van der Waals surface area contributed by atoms with Crippen LogP contribution in [0.1, 0.15) is 96.8 Å². The van der Waals surface area contributed by atoms with Crippen molar-refractivity contribution < 1.29 is 4.48 Å². The summed E-state index contributed by atoms with van der Waals surface area (Å²) in [5.74, 6) is 0. The first-order valence-electron chi connectivity index (χ1n) is 10.0. The second-order valence-corrected chi connectivity index (χ2v) is 8.07. The third kappa shape index (κ3) is 34.0. The van der Waals surface area contributed by atoms with E-state index in [0.717, 1.165) is 4.48 Å². The summed E-state index contributed by atoms with van der Waals surface area (Å²) >= 11 is 4.78. The Labute approximate surface area is 164 Å². The summed E-state index contributed by atoms with van der Waals surface area (Å²) < 4.78 is 1.12. The van der Waals surface area contributed by atoms with Crippen molar-refractivity contribution in [3.8, 4) is 0 Å². The molecule has 0 bridgehead atoms. The summed E-state index contributed by atoms with van der Waals surface area (Å²) in [6, 6.07) is 0.222. The monoisotopic (exact) mass is 385 g/mol. The van der Waals surface area contributed by atoms with Gasteiger partial charge in [0.05, 0.1) is 33.7 Å². The molecule has 2 N–H and O–H groups in total. The van der Waals surface area contributed by atoms with Crippen molar-refractivity contribution in [1.82, 2.24) is 0 Å². The van der Waals surface area contributed by atoms with Crippen molar-refractivity contribution in [2.24, 2.45) is 5.73 Å². The molecule has 0 aromatic rings. The van der Waals surface area contributed by atoms with Gasteiger partial charge in [-0.25, -0.2) is 0 Å². The molecule has 0 radical (unpaired) electrons. The molecule has 0 heterocycles. The van der Waals surface area contributed by atoms with Crippen molar-refractivity contribution in [1.29, 1.82) is 0 Å². The second-order valence-electron chi connectivity index (χ2n) is 7.76. The van der Waals surface area contributed by atoms with Gasteiger partial charge in [0, 0.05) is 0 Å². The number of nitrogens with two attached hydrogens (primary N) is 1. The van der Waals surface area contributed by atoms with Crippen LogP contribution >= 0.6 is 24.0 Å². The van der Waals surface area contributed by atoms with Gasteiger partial charge in [-0.3, -0.25) is 0 Å². The summed E-state index contributed by atoms with van der Waals surface area (Å²) in [6.45, 7) is 3.63. The van der Waals surface area contributed by atoms with Crippen LogP contribution in [-0.4, -0.2) is 38.2 Å². The maximum Gasteiger partial charge on any atom is 0.0780 e. The van der Waals surface area contributed by atoms with Crippen LogP contribution < -0.4 is 5.73 Å². The topological polar surface area (TPSA) is 26.0 Å². The third-order valence-electron chi connectivity index (χ3n) is 4.18. The summed E-state index contributed by atoms with van der Waals surface area (Å²) in [7, 11) is 6.88. The number of halogens is 2. The average molecular weight is 387 g/mol. The van der Waals surface area contributed by atoms with Crippen molar-refractivity contribution in [2.75, 3.05) is 33.7 Å². The predicted molar refractivity (Wildman–Crippen MR) is 115 cm³/mol. The first kappa shape index (κ1) is 29.3. The zero-order valence-corrected chi connectivity index (χ0v) is 18.7. The Morgan fingerprint density at radius 1 is 0.625 bits per heavy atom. The number of alkyl halides is 1. The molecule has 0 saturated carbocycles. The molecule has 0 spiro atoms. The van der Waals surface area contributed by atoms with Crippen LogP contribution in [0.3, 0.4) is 0 Å². The van der Waals surface area contributed by atoms with Gasteiger partial charge < -0.3 is 10.2 Å². The van der Waals surface area contributed by atoms with E-state index in [-0.39, 0.29) is 18.4 Å². The lowest BCUT2D eigenvalue weighted by atomic mass is 10.0. The zero-order chi connectivity index (χ0) is 17.8. The minimum atomic E-state index is 0. The van der Waals surface area contributed by atoms with Gasteiger partial charge in [0.25, 0.3) is 0 Å². The van der Waals surface area contributed by atoms with Crippen LogP contribution in [0, 0.1) is 0 Å². The van der Waals surface area contributed by atoms with Crippen LogP contribution in [-0.2, 0) is 0 Å². The van der Waals surface area contributed by atoms with E-state index in [9.17, 15) is 0 Å². The van der Waals surface area contributed by atoms with Gasteiger partial charge in [-0.1, -0.05) is 84.0 Å². The van der Waals surface area contributed by atoms with Crippen LogP contribution in [0.4, 0.5) is 0 Å². The van der Waals surface area contributed by atoms with E-state index in [0.29, 0.717) is 0 Å². The highest BCUT2D eigenvalue weighted by Crippen LogP contribution is 2.13. The Kier molecular flexibility index (Phi) is 28.7. The smallest absolute Gasteiger partial charge is 0.0780 e. The summed E-state index contributed by atoms with van der Waals surface area (Å²) in [6.07, 6.45) is 20.4. The highest BCUT2D eigenvalue weighted by molar-refractivity contribution is 6.17. The molecule has 0 rings (SSSR count). The Morgan fingerprint density at radius 3 is 1.12 bits per heavy atom. The number of rotatable bonds is 15. The molecule has 0 aromatic carbocycles. The molecule has 0 aliphatic heterocycles. The lowest BCUT2D eigenvalue weighted by Gasteiger charge is -2.23. The quantitative estimate of drug-likeness (QED) is 0.143. The Hall–Kier alpha value is 0.500. The molecule has 0 saturated heterocycles. The Morgan fingerprint density at radius 2 is 0.875 bits per heavy atom. The van der Waals surface area contributed by atoms with Crippen molar-refractivity contribution in [3.05, 3.63) is 0 Å². The summed E-state index contributed by atoms with van der Waals surface area (Å²) in [4.78, 5) is 0. The summed E-state index contributed by atoms with van der Waals surface area (Å²) in [5, 5.41) is 0. The summed E-state index contributed by atoms with van der Waals surface area (Å²) in [5.41, 5.74) is 4.61. The van der Waals surface area contributed by atoms with Crippen molar-refractivity contribution in [3.63, 3.8) is 0 Å². The van der Waals surface area contributed by atoms with Gasteiger partial charge in [0.2, 0.25) is 0 Å². The molecule has 0 unspecified atom stereocenters. The van der Waals surface area contributed by atoms with E-state index in [1.54, 1.807) is 0 Å². The van der Waals surface area contributed by atoms with Gasteiger partial charge in [0.1, 0.15) is 0 Å². The van der Waals surface area contributed by atoms with Gasteiger partial charge in [-0.05, 0) is 12.8 Å². The van der Waals surface area contributed by atoms with Gasteiger partial charge in [-0.2, -0.15) is 0 Å². The van der Waals surface area contributed by atoms with E-state index in [1.165, 1.54) is 96.4 Å². The first-order chi connectivity index (χ1) is 11.0. The minimum absolute atomic E-state index is 0. The van der Waals surface area contributed by atoms with Crippen LogP contribution in [0.15, 0.2) is 0 Å². The highest BCUT2D eigenvalue weighted by atomic mass is 35.5. The molecule has 0 amide bonds. The van der Waals surface area contributed by atoms with E-state index < -0.39 is 0 Å². The fraction of sp³-hybridized carbons (Fsp3) is 1.00. The molecular formula is C20H47Cl2N2+. The number of quaternary nitrogens is 1. The molecule has 0 aliphatic carbocycles. The minimum Gasteiger partial charge on any atom is -0.331 e. The highest BCUT2D eigenvalue weighted by Gasteiger charge is 2.04. The van der Waals surface area contributed by atoms with E-state index in [2.05, 4.69) is 33.8 Å². The zero-order valence-electron chi connectivity index (χ0n) is 17.1. The van der Waals surface area contributed by atoms with Gasteiger partial charge >= 0.3 is 0 Å². The standard InChI is InChI=1S/C19H42N.CH4ClN.ClH/c1-5-6-7-8-9-10-11-12-13-14-15-16-17-18-19-20(2,3)4;2-1-3;/h5-19H2,1-4H3;1,3H2;1H/q+1;;. The fourth-order valence-corrected chi connectivity index (χ4v) is 2.78. The predicted octanol–water partition coefficient (Wildman–Crippen LogP) is 6.74. The Balaban J connectivity index is -0.00000102. The molecule has 150 valence electrons. The molecule has 24 heavy (non-hydrogen) atoms. The van der Waals surface area contributed by atoms with Crippen molar-refractivity contribution >= 4 is 24.0 Å². The van der Waals surface area contributed by atoms with Gasteiger partial charge in [-0.15, -0.1) is 24.0 Å². The molecule has 4 heteroatoms. The number of nitrogens with zero attached hydrogens (tertiary/aromatic N) is 1. The molecule has 0 atom stereocenters. The third-order valence-corrected chi connectivity index (χ3v) is 4.18. The van der Waals surface area contributed by atoms with E-state index >= 15 is 0 Å². The lowest BCUT2D eigenvalue weighted by molar-refractivity contribution is -0.870. The van der Waals surface area contributed by atoms with E-state index in [1.807, 2.05) is 0 Å². The lowest BCUT2D eigenvalue weighted by Crippen LogP contribution is -2.35. The SMILES string of the molecule is CCCCCCCCCCCCCCCC[N+](C)(C)C.Cl.NCCl. The van der Waals surface area contributed by atoms with Crippen LogP contribution in [0.2, 0.25) is 0 Å². The second kappa shape index (κ2) is 23.5. The maximum absolute atomic E-state index is 4.78. The molecular weight excluding hydrogens is 339 g/mol. The van der Waals surface area contributed by atoms with Crippen LogP contribution in [0.25, 0.3) is 0 Å². The van der Waals surface area contributed by atoms with Crippen molar-refractivity contribution in [2.45, 2.75) is 96.8 Å². The molecule has 0 fully saturated rings. The maximum atomic E-state index is 4.78. The number of hydrogen-bond acceptors (Lipinski definition) is 1. The first-order valence-corrected chi connectivity index (χ1v) is 10.6. The molecule has 0 aliphatic rings. The normalized spacial score (nSPS) is 10.8. The molecule has 0 aromatic heterocycles. The largest absolute Gasteiger partial charge is 0.331 e. The number of hydrogen-bond donors (Lipinski definition) is 1. The Bertz CT molecular complexity index is 206. The molecule has 2 nitrogen and oxygen atoms in total. The fourth-order valence-electron chi connectivity index (χ4n) is 2.78. The average Bonchev–Trinajstić information content (AvgIpc) is 2.47. The number of unbranched alkanes of at least 4 members (excludes halogenated alkanes) is 13. The van der Waals surface area contributed by atoms with E-state index in [4.69, 9.17) is 11.6 Å². The van der Waals surface area contributed by atoms with Gasteiger partial charge in [0.15, 0.2) is 0 Å². The van der Waals surface area contributed by atoms with Crippen LogP contribution in [0.5, 0.6) is 0 Å².